The smallest absolute Gasteiger partial charge is 0.314 e. The number of phosphoric acid groups is 1. The predicted octanol–water partition coefficient (Wildman–Crippen LogP) is 3.44. The molecule has 0 saturated carbocycles. The van der Waals surface area contributed by atoms with Crippen molar-refractivity contribution < 1.29 is 23.7 Å². The molecular formula is C12H30NO5P. The number of nitrogens with zero attached hydrogens (tertiary/aromatic N) is 1. The van der Waals surface area contributed by atoms with Gasteiger partial charge in [-0.1, -0.05) is 40.5 Å². The third kappa shape index (κ3) is 18.0. The van der Waals surface area contributed by atoms with Crippen molar-refractivity contribution in [3.05, 3.63) is 0 Å². The van der Waals surface area contributed by atoms with Gasteiger partial charge < -0.3 is 10.1 Å². The summed E-state index contributed by atoms with van der Waals surface area (Å²) in [5, 5.41) is 9.75. The van der Waals surface area contributed by atoms with E-state index in [2.05, 4.69) is 0 Å². The van der Waals surface area contributed by atoms with Crippen molar-refractivity contribution in [1.29, 1.82) is 0 Å². The Balaban J connectivity index is 0. The zero-order chi connectivity index (χ0) is 15.1. The molecule has 0 atom stereocenters. The van der Waals surface area contributed by atoms with Crippen molar-refractivity contribution in [1.82, 2.24) is 5.06 Å². The Morgan fingerprint density at radius 1 is 0.947 bits per heavy atom. The summed E-state index contributed by atoms with van der Waals surface area (Å²) in [6.07, 6.45) is 3.44. The molecule has 0 aliphatic rings. The number of unbranched alkanes of at least 4 members (excludes halogenated alkanes) is 2. The molecule has 0 aromatic heterocycles. The average Bonchev–Trinajstić information content (AvgIpc) is 2.39. The summed E-state index contributed by atoms with van der Waals surface area (Å²) in [5.74, 6) is 0. The number of hydrogen-bond acceptors (Lipinski definition) is 5. The Hall–Kier alpha value is 0.0300. The topological polar surface area (TPSA) is 79.2 Å². The van der Waals surface area contributed by atoms with Crippen LogP contribution in [0.1, 0.15) is 53.4 Å². The lowest BCUT2D eigenvalue weighted by molar-refractivity contribution is -0.0813. The van der Waals surface area contributed by atoms with Gasteiger partial charge in [0.05, 0.1) is 13.2 Å². The highest BCUT2D eigenvalue weighted by Gasteiger charge is 2.19. The van der Waals surface area contributed by atoms with Gasteiger partial charge in [-0.2, -0.15) is 5.06 Å². The number of rotatable bonds is 10. The van der Waals surface area contributed by atoms with E-state index in [1.807, 2.05) is 27.7 Å². The first-order valence-electron chi connectivity index (χ1n) is 6.99. The Kier molecular flexibility index (Phi) is 16.2. The second kappa shape index (κ2) is 14.4. The van der Waals surface area contributed by atoms with E-state index in [4.69, 9.17) is 19.1 Å². The molecule has 0 aromatic carbocycles. The van der Waals surface area contributed by atoms with E-state index in [-0.39, 0.29) is 13.2 Å². The molecule has 0 radical (unpaired) electrons. The minimum Gasteiger partial charge on any atom is -0.314 e. The summed E-state index contributed by atoms with van der Waals surface area (Å²) >= 11 is 0. The number of hydroxylamine groups is 2. The first kappa shape index (κ1) is 21.3. The highest BCUT2D eigenvalue weighted by Crippen LogP contribution is 2.43. The molecule has 0 heterocycles. The lowest BCUT2D eigenvalue weighted by atomic mass is 10.4. The Morgan fingerprint density at radius 2 is 1.32 bits per heavy atom. The van der Waals surface area contributed by atoms with Gasteiger partial charge in [-0.05, 0) is 12.8 Å². The van der Waals surface area contributed by atoms with Crippen molar-refractivity contribution in [2.75, 3.05) is 26.3 Å². The third-order valence-electron chi connectivity index (χ3n) is 2.23. The predicted molar refractivity (Wildman–Crippen MR) is 76.3 cm³/mol. The highest BCUT2D eigenvalue weighted by atomic mass is 31.2. The maximum absolute atomic E-state index is 11.1. The molecule has 6 nitrogen and oxygen atoms in total. The van der Waals surface area contributed by atoms with Crippen molar-refractivity contribution in [3.8, 4) is 0 Å². The van der Waals surface area contributed by atoms with Crippen LogP contribution >= 0.6 is 7.82 Å². The lowest BCUT2D eigenvalue weighted by Crippen LogP contribution is -2.16. The molecule has 2 N–H and O–H groups in total. The Bertz CT molecular complexity index is 210. The van der Waals surface area contributed by atoms with Crippen LogP contribution in [0.3, 0.4) is 0 Å². The maximum Gasteiger partial charge on any atom is 0.472 e. The molecule has 118 valence electrons. The van der Waals surface area contributed by atoms with E-state index < -0.39 is 7.82 Å². The lowest BCUT2D eigenvalue weighted by Gasteiger charge is -2.10. The minimum absolute atomic E-state index is 0.288. The zero-order valence-corrected chi connectivity index (χ0v) is 13.6. The van der Waals surface area contributed by atoms with Gasteiger partial charge in [-0.25, -0.2) is 4.57 Å². The first-order chi connectivity index (χ1) is 8.93. The van der Waals surface area contributed by atoms with E-state index in [0.29, 0.717) is 0 Å². The van der Waals surface area contributed by atoms with Crippen LogP contribution in [0.15, 0.2) is 0 Å². The fourth-order valence-electron chi connectivity index (χ4n) is 0.909. The molecule has 0 aliphatic heterocycles. The molecule has 7 heteroatoms. The second-order valence-corrected chi connectivity index (χ2v) is 5.43. The van der Waals surface area contributed by atoms with Crippen molar-refractivity contribution in [2.45, 2.75) is 53.4 Å². The van der Waals surface area contributed by atoms with Crippen LogP contribution in [0, 0.1) is 0 Å². The number of hydrogen-bond donors (Lipinski definition) is 2. The standard InChI is InChI=1S/C8H19O4P.C4H11NO/c1-3-5-7-11-13(9,10)12-8-6-4-2;1-3-5(6)4-2/h3-8H2,1-2H3,(H,9,10);6H,3-4H2,1-2H3. The van der Waals surface area contributed by atoms with Crippen molar-refractivity contribution >= 4 is 7.82 Å². The second-order valence-electron chi connectivity index (χ2n) is 3.98. The van der Waals surface area contributed by atoms with Crippen LogP contribution in [0.4, 0.5) is 0 Å². The van der Waals surface area contributed by atoms with E-state index >= 15 is 0 Å². The monoisotopic (exact) mass is 299 g/mol. The number of phosphoric ester groups is 1. The molecule has 0 rings (SSSR count). The van der Waals surface area contributed by atoms with E-state index in [1.54, 1.807) is 0 Å². The fraction of sp³-hybridized carbons (Fsp3) is 1.00. The van der Waals surface area contributed by atoms with Gasteiger partial charge in [0, 0.05) is 13.1 Å². The van der Waals surface area contributed by atoms with Crippen LogP contribution in [-0.2, 0) is 13.6 Å². The van der Waals surface area contributed by atoms with Gasteiger partial charge in [0.15, 0.2) is 0 Å². The molecule has 0 unspecified atom stereocenters. The van der Waals surface area contributed by atoms with Gasteiger partial charge in [0.25, 0.3) is 0 Å². The maximum atomic E-state index is 11.1. The molecule has 0 saturated heterocycles. The van der Waals surface area contributed by atoms with Crippen molar-refractivity contribution in [3.63, 3.8) is 0 Å². The molecule has 0 spiro atoms. The quantitative estimate of drug-likeness (QED) is 0.365. The van der Waals surface area contributed by atoms with E-state index in [9.17, 15) is 4.57 Å². The fourth-order valence-corrected chi connectivity index (χ4v) is 1.70. The van der Waals surface area contributed by atoms with Crippen LogP contribution in [0.25, 0.3) is 0 Å². The summed E-state index contributed by atoms with van der Waals surface area (Å²) in [6, 6.07) is 0. The van der Waals surface area contributed by atoms with Crippen LogP contribution in [-0.4, -0.2) is 41.5 Å². The average molecular weight is 299 g/mol. The van der Waals surface area contributed by atoms with Gasteiger partial charge >= 0.3 is 7.82 Å². The molecule has 19 heavy (non-hydrogen) atoms. The zero-order valence-electron chi connectivity index (χ0n) is 12.7. The van der Waals surface area contributed by atoms with Crippen molar-refractivity contribution in [2.24, 2.45) is 0 Å². The summed E-state index contributed by atoms with van der Waals surface area (Å²) < 4.78 is 20.5. The van der Waals surface area contributed by atoms with Crippen LogP contribution in [0.2, 0.25) is 0 Å². The Labute approximate surface area is 117 Å². The van der Waals surface area contributed by atoms with E-state index in [0.717, 1.165) is 38.8 Å². The van der Waals surface area contributed by atoms with Crippen LogP contribution < -0.4 is 0 Å². The molecule has 0 fully saturated rings. The molecular weight excluding hydrogens is 269 g/mol. The molecule has 0 aliphatic carbocycles. The molecule has 0 aromatic rings. The van der Waals surface area contributed by atoms with E-state index in [1.165, 1.54) is 5.06 Å². The van der Waals surface area contributed by atoms with Crippen LogP contribution in [0.5, 0.6) is 0 Å². The summed E-state index contributed by atoms with van der Waals surface area (Å²) in [6.45, 7) is 9.81. The Morgan fingerprint density at radius 3 is 1.53 bits per heavy atom. The first-order valence-corrected chi connectivity index (χ1v) is 8.48. The third-order valence-corrected chi connectivity index (χ3v) is 3.25. The summed E-state index contributed by atoms with van der Waals surface area (Å²) in [5.41, 5.74) is 0. The molecule has 0 bridgehead atoms. The van der Waals surface area contributed by atoms with Gasteiger partial charge in [-0.3, -0.25) is 9.05 Å². The van der Waals surface area contributed by atoms with Gasteiger partial charge in [-0.15, -0.1) is 0 Å². The largest absolute Gasteiger partial charge is 0.472 e. The molecule has 0 amide bonds. The summed E-state index contributed by atoms with van der Waals surface area (Å²) in [4.78, 5) is 9.08. The van der Waals surface area contributed by atoms with Gasteiger partial charge in [0.2, 0.25) is 0 Å². The summed E-state index contributed by atoms with van der Waals surface area (Å²) in [7, 11) is -3.75. The highest BCUT2D eigenvalue weighted by molar-refractivity contribution is 7.47. The SMILES string of the molecule is CCCCOP(=O)(O)OCCCC.CCN(O)CC. The minimum atomic E-state index is -3.75. The normalized spacial score (nSPS) is 11.3. The van der Waals surface area contributed by atoms with Gasteiger partial charge in [0.1, 0.15) is 0 Å².